The first-order valence-electron chi connectivity index (χ1n) is 27.3. The van der Waals surface area contributed by atoms with Crippen LogP contribution in [0, 0.1) is 0 Å². The van der Waals surface area contributed by atoms with E-state index >= 15 is 0 Å². The second-order valence-corrected chi connectivity index (χ2v) is 19.0. The second-order valence-electron chi connectivity index (χ2n) is 19.0. The number of esters is 1. The number of ether oxygens (including phenoxy) is 1. The molecule has 0 radical (unpaired) electrons. The largest absolute Gasteiger partial charge is 0.462 e. The number of hydrogen-bond donors (Lipinski definition) is 3. The van der Waals surface area contributed by atoms with E-state index in [9.17, 15) is 19.8 Å². The van der Waals surface area contributed by atoms with Crippen LogP contribution in [0.5, 0.6) is 0 Å². The molecular formula is C54H107NO5. The van der Waals surface area contributed by atoms with E-state index in [1.165, 1.54) is 218 Å². The summed E-state index contributed by atoms with van der Waals surface area (Å²) in [5.41, 5.74) is 0. The third-order valence-electron chi connectivity index (χ3n) is 12.9. The first-order chi connectivity index (χ1) is 29.5. The molecule has 0 rings (SSSR count). The van der Waals surface area contributed by atoms with Crippen LogP contribution < -0.4 is 5.32 Å². The molecule has 6 nitrogen and oxygen atoms in total. The first kappa shape index (κ1) is 58.9. The van der Waals surface area contributed by atoms with Gasteiger partial charge in [-0.2, -0.15) is 0 Å². The number of carbonyl (C=O) groups excluding carboxylic acids is 2. The summed E-state index contributed by atoms with van der Waals surface area (Å²) in [5, 5.41) is 23.8. The number of aliphatic hydroxyl groups excluding tert-OH is 2. The van der Waals surface area contributed by atoms with Crippen LogP contribution in [0.15, 0.2) is 0 Å². The van der Waals surface area contributed by atoms with Gasteiger partial charge in [-0.05, 0) is 25.7 Å². The van der Waals surface area contributed by atoms with Gasteiger partial charge in [0, 0.05) is 6.42 Å². The zero-order valence-corrected chi connectivity index (χ0v) is 40.9. The van der Waals surface area contributed by atoms with Crippen molar-refractivity contribution in [1.29, 1.82) is 0 Å². The van der Waals surface area contributed by atoms with Gasteiger partial charge in [0.15, 0.2) is 0 Å². The van der Waals surface area contributed by atoms with Gasteiger partial charge in [0.2, 0.25) is 5.91 Å². The van der Waals surface area contributed by atoms with E-state index in [1.807, 2.05) is 0 Å². The number of amides is 1. The molecule has 0 aliphatic heterocycles. The van der Waals surface area contributed by atoms with E-state index in [0.29, 0.717) is 19.3 Å². The van der Waals surface area contributed by atoms with Crippen LogP contribution in [0.1, 0.15) is 310 Å². The number of unbranched alkanes of at least 4 members (excludes halogenated alkanes) is 38. The van der Waals surface area contributed by atoms with E-state index < -0.39 is 18.2 Å². The van der Waals surface area contributed by atoms with Crippen molar-refractivity contribution in [2.45, 2.75) is 328 Å². The fraction of sp³-hybridized carbons (Fsp3) is 0.963. The average Bonchev–Trinajstić information content (AvgIpc) is 3.24. The number of carbonyl (C=O) groups is 2. The predicted molar refractivity (Wildman–Crippen MR) is 260 cm³/mol. The van der Waals surface area contributed by atoms with E-state index in [2.05, 4.69) is 26.1 Å². The summed E-state index contributed by atoms with van der Waals surface area (Å²) in [4.78, 5) is 26.1. The fourth-order valence-corrected chi connectivity index (χ4v) is 8.79. The van der Waals surface area contributed by atoms with Gasteiger partial charge < -0.3 is 20.3 Å². The highest BCUT2D eigenvalue weighted by atomic mass is 16.5. The van der Waals surface area contributed by atoms with Crippen LogP contribution >= 0.6 is 0 Å². The Labute approximate surface area is 375 Å². The van der Waals surface area contributed by atoms with Gasteiger partial charge in [0.1, 0.15) is 6.10 Å². The number of nitrogens with one attached hydrogen (secondary N) is 1. The maximum atomic E-state index is 13.2. The summed E-state index contributed by atoms with van der Waals surface area (Å²) in [6, 6.07) is -0.692. The molecule has 0 aliphatic rings. The van der Waals surface area contributed by atoms with Crippen molar-refractivity contribution >= 4 is 11.9 Å². The Hall–Kier alpha value is -1.14. The minimum atomic E-state index is -0.779. The zero-order chi connectivity index (χ0) is 43.8. The molecule has 358 valence electrons. The van der Waals surface area contributed by atoms with Crippen LogP contribution in [-0.2, 0) is 14.3 Å². The number of rotatable bonds is 50. The molecule has 0 aliphatic carbocycles. The minimum Gasteiger partial charge on any atom is -0.462 e. The molecule has 1 amide bonds. The highest BCUT2D eigenvalue weighted by Crippen LogP contribution is 2.19. The van der Waals surface area contributed by atoms with Gasteiger partial charge in [-0.15, -0.1) is 0 Å². The van der Waals surface area contributed by atoms with Crippen LogP contribution in [-0.4, -0.2) is 46.9 Å². The van der Waals surface area contributed by atoms with Gasteiger partial charge in [0.05, 0.1) is 25.2 Å². The van der Waals surface area contributed by atoms with Crippen molar-refractivity contribution in [2.75, 3.05) is 6.61 Å². The third kappa shape index (κ3) is 43.5. The summed E-state index contributed by atoms with van der Waals surface area (Å²) in [5.74, 6) is -0.450. The van der Waals surface area contributed by atoms with Crippen molar-refractivity contribution in [3.05, 3.63) is 0 Å². The fourth-order valence-electron chi connectivity index (χ4n) is 8.79. The van der Waals surface area contributed by atoms with E-state index in [0.717, 1.165) is 44.9 Å². The van der Waals surface area contributed by atoms with E-state index in [-0.39, 0.29) is 24.9 Å². The van der Waals surface area contributed by atoms with Gasteiger partial charge in [-0.3, -0.25) is 9.59 Å². The number of hydrogen-bond acceptors (Lipinski definition) is 5. The molecule has 0 aromatic rings. The first-order valence-corrected chi connectivity index (χ1v) is 27.3. The van der Waals surface area contributed by atoms with Crippen molar-refractivity contribution in [3.63, 3.8) is 0 Å². The summed E-state index contributed by atoms with van der Waals surface area (Å²) in [7, 11) is 0. The van der Waals surface area contributed by atoms with Crippen molar-refractivity contribution in [3.8, 4) is 0 Å². The highest BCUT2D eigenvalue weighted by Gasteiger charge is 2.24. The molecule has 0 fully saturated rings. The quantitative estimate of drug-likeness (QED) is 0.0419. The Kier molecular flexibility index (Phi) is 48.0. The number of aliphatic hydroxyl groups is 2. The molecule has 0 heterocycles. The summed E-state index contributed by atoms with van der Waals surface area (Å²) in [6.07, 6.45) is 53.1. The lowest BCUT2D eigenvalue weighted by Crippen LogP contribution is -2.46. The average molecular weight is 850 g/mol. The molecular weight excluding hydrogens is 743 g/mol. The molecule has 0 aromatic heterocycles. The van der Waals surface area contributed by atoms with Gasteiger partial charge in [0.25, 0.3) is 0 Å². The van der Waals surface area contributed by atoms with E-state index in [4.69, 9.17) is 4.74 Å². The summed E-state index contributed by atoms with van der Waals surface area (Å²) < 4.78 is 5.94. The second kappa shape index (κ2) is 48.9. The van der Waals surface area contributed by atoms with Crippen LogP contribution in [0.3, 0.4) is 0 Å². The Morgan fingerprint density at radius 1 is 0.417 bits per heavy atom. The Morgan fingerprint density at radius 3 is 1.02 bits per heavy atom. The normalized spacial score (nSPS) is 13.1. The lowest BCUT2D eigenvalue weighted by Gasteiger charge is -2.24. The SMILES string of the molecule is CCCCCCCCCCCCCCCCCCCC(CC(=O)NC(CO)C(O)CCCCCCCCCCCCCCCC)OC(=O)CCCCCCCCCCCC. The predicted octanol–water partition coefficient (Wildman–Crippen LogP) is 16.4. The van der Waals surface area contributed by atoms with Crippen LogP contribution in [0.25, 0.3) is 0 Å². The zero-order valence-electron chi connectivity index (χ0n) is 40.9. The monoisotopic (exact) mass is 850 g/mol. The molecule has 0 aromatic carbocycles. The summed E-state index contributed by atoms with van der Waals surface area (Å²) >= 11 is 0. The molecule has 3 atom stereocenters. The Balaban J connectivity index is 4.46. The lowest BCUT2D eigenvalue weighted by molar-refractivity contribution is -0.151. The van der Waals surface area contributed by atoms with Gasteiger partial charge >= 0.3 is 5.97 Å². The van der Waals surface area contributed by atoms with Crippen molar-refractivity contribution < 1.29 is 24.5 Å². The van der Waals surface area contributed by atoms with Crippen LogP contribution in [0.4, 0.5) is 0 Å². The van der Waals surface area contributed by atoms with Gasteiger partial charge in [-0.1, -0.05) is 271 Å². The minimum absolute atomic E-state index is 0.0880. The molecule has 3 N–H and O–H groups in total. The van der Waals surface area contributed by atoms with Crippen molar-refractivity contribution in [1.82, 2.24) is 5.32 Å². The molecule has 0 saturated heterocycles. The Morgan fingerprint density at radius 2 is 0.700 bits per heavy atom. The van der Waals surface area contributed by atoms with E-state index in [1.54, 1.807) is 0 Å². The van der Waals surface area contributed by atoms with Crippen molar-refractivity contribution in [2.24, 2.45) is 0 Å². The molecule has 6 heteroatoms. The topological polar surface area (TPSA) is 95.9 Å². The molecule has 0 spiro atoms. The van der Waals surface area contributed by atoms with Gasteiger partial charge in [-0.25, -0.2) is 0 Å². The Bertz CT molecular complexity index is 867. The molecule has 3 unspecified atom stereocenters. The molecule has 0 saturated carbocycles. The highest BCUT2D eigenvalue weighted by molar-refractivity contribution is 5.77. The summed E-state index contributed by atoms with van der Waals surface area (Å²) in [6.45, 7) is 6.51. The maximum absolute atomic E-state index is 13.2. The smallest absolute Gasteiger partial charge is 0.306 e. The molecule has 60 heavy (non-hydrogen) atoms. The maximum Gasteiger partial charge on any atom is 0.306 e. The molecule has 0 bridgehead atoms. The third-order valence-corrected chi connectivity index (χ3v) is 12.9. The lowest BCUT2D eigenvalue weighted by atomic mass is 10.0. The van der Waals surface area contributed by atoms with Crippen LogP contribution in [0.2, 0.25) is 0 Å². The standard InChI is InChI=1S/C54H107NO5/c1-4-7-10-13-16-19-22-24-26-27-28-29-31-33-36-39-42-45-50(60-54(59)47-44-41-38-35-21-18-15-12-9-6-3)48-53(58)55-51(49-56)52(57)46-43-40-37-34-32-30-25-23-20-17-14-11-8-5-2/h50-52,56-57H,4-49H2,1-3H3,(H,55,58).